The highest BCUT2D eigenvalue weighted by atomic mass is 32.2. The predicted octanol–water partition coefficient (Wildman–Crippen LogP) is 0.00518. The van der Waals surface area contributed by atoms with Crippen LogP contribution in [0.15, 0.2) is 0 Å². The quantitative estimate of drug-likeness (QED) is 0.640. The Labute approximate surface area is 83.4 Å². The molecule has 0 amide bonds. The third-order valence-electron chi connectivity index (χ3n) is 1.34. The van der Waals surface area contributed by atoms with Crippen LogP contribution in [0.5, 0.6) is 0 Å². The van der Waals surface area contributed by atoms with E-state index in [0.29, 0.717) is 12.2 Å². The van der Waals surface area contributed by atoms with E-state index < -0.39 is 15.9 Å². The number of thioether (sulfide) groups is 1. The molecule has 0 aromatic carbocycles. The minimum atomic E-state index is -2.85. The maximum Gasteiger partial charge on any atom is 0.148 e. The highest BCUT2D eigenvalue weighted by Gasteiger charge is 2.03. The first-order chi connectivity index (χ1) is 5.95. The standard InChI is InChI=1S/C7H14N2O2S2/c1-13(10,11)5-4-12-3-2-7(9)6-8/h7H,2-5,9H2,1H3. The number of nitrogens with two attached hydrogens (primary N) is 1. The van der Waals surface area contributed by atoms with Gasteiger partial charge in [-0.05, 0) is 12.2 Å². The van der Waals surface area contributed by atoms with Gasteiger partial charge in [0.2, 0.25) is 0 Å². The van der Waals surface area contributed by atoms with Gasteiger partial charge in [0.05, 0.1) is 17.9 Å². The van der Waals surface area contributed by atoms with Crippen LogP contribution in [0, 0.1) is 11.3 Å². The Morgan fingerprint density at radius 1 is 1.54 bits per heavy atom. The Bertz CT molecular complexity index is 269. The van der Waals surface area contributed by atoms with Crippen LogP contribution in [0.3, 0.4) is 0 Å². The van der Waals surface area contributed by atoms with Crippen molar-refractivity contribution in [3.05, 3.63) is 0 Å². The second kappa shape index (κ2) is 6.24. The summed E-state index contributed by atoms with van der Waals surface area (Å²) in [5, 5.41) is 8.34. The number of nitrogens with zero attached hydrogens (tertiary/aromatic N) is 1. The molecule has 0 aromatic heterocycles. The molecule has 0 aromatic rings. The number of sulfone groups is 1. The van der Waals surface area contributed by atoms with Crippen LogP contribution in [0.2, 0.25) is 0 Å². The second-order valence-corrected chi connectivity index (χ2v) is 6.25. The van der Waals surface area contributed by atoms with E-state index >= 15 is 0 Å². The van der Waals surface area contributed by atoms with E-state index in [9.17, 15) is 8.42 Å². The van der Waals surface area contributed by atoms with E-state index in [1.165, 1.54) is 18.0 Å². The molecule has 0 aliphatic carbocycles. The number of hydrogen-bond donors (Lipinski definition) is 1. The molecule has 1 unspecified atom stereocenters. The van der Waals surface area contributed by atoms with Gasteiger partial charge in [-0.2, -0.15) is 17.0 Å². The summed E-state index contributed by atoms with van der Waals surface area (Å²) in [6.45, 7) is 0. The first kappa shape index (κ1) is 12.8. The van der Waals surface area contributed by atoms with Crippen molar-refractivity contribution in [3.63, 3.8) is 0 Å². The van der Waals surface area contributed by atoms with Gasteiger partial charge in [0.1, 0.15) is 9.84 Å². The Kier molecular flexibility index (Phi) is 6.12. The lowest BCUT2D eigenvalue weighted by molar-refractivity contribution is 0.603. The maximum absolute atomic E-state index is 10.7. The lowest BCUT2D eigenvalue weighted by Crippen LogP contribution is -2.18. The van der Waals surface area contributed by atoms with Crippen molar-refractivity contribution in [1.82, 2.24) is 0 Å². The molecule has 0 aliphatic rings. The molecule has 0 heterocycles. The van der Waals surface area contributed by atoms with Gasteiger partial charge >= 0.3 is 0 Å². The molecular formula is C7H14N2O2S2. The van der Waals surface area contributed by atoms with Crippen LogP contribution in [0.4, 0.5) is 0 Å². The first-order valence-electron chi connectivity index (χ1n) is 3.86. The zero-order chi connectivity index (χ0) is 10.3. The average molecular weight is 222 g/mol. The van der Waals surface area contributed by atoms with Gasteiger partial charge in [0.25, 0.3) is 0 Å². The molecule has 6 heteroatoms. The van der Waals surface area contributed by atoms with Gasteiger partial charge in [0.15, 0.2) is 0 Å². The Morgan fingerprint density at radius 2 is 2.15 bits per heavy atom. The summed E-state index contributed by atoms with van der Waals surface area (Å²) in [6.07, 6.45) is 1.83. The van der Waals surface area contributed by atoms with E-state index in [1.807, 2.05) is 6.07 Å². The van der Waals surface area contributed by atoms with E-state index in [4.69, 9.17) is 11.0 Å². The largest absolute Gasteiger partial charge is 0.316 e. The molecule has 0 aliphatic heterocycles. The minimum absolute atomic E-state index is 0.194. The summed E-state index contributed by atoms with van der Waals surface area (Å²) >= 11 is 1.51. The number of hydrogen-bond acceptors (Lipinski definition) is 5. The highest BCUT2D eigenvalue weighted by molar-refractivity contribution is 8.00. The lowest BCUT2D eigenvalue weighted by Gasteiger charge is -2.01. The van der Waals surface area contributed by atoms with Crippen LogP contribution < -0.4 is 5.73 Å². The van der Waals surface area contributed by atoms with Gasteiger partial charge in [-0.3, -0.25) is 0 Å². The molecule has 0 saturated carbocycles. The summed E-state index contributed by atoms with van der Waals surface area (Å²) in [4.78, 5) is 0. The summed E-state index contributed by atoms with van der Waals surface area (Å²) < 4.78 is 21.4. The molecule has 0 fully saturated rings. The SMILES string of the molecule is CS(=O)(=O)CCSCCC(N)C#N. The molecular weight excluding hydrogens is 208 g/mol. The molecule has 0 saturated heterocycles. The fraction of sp³-hybridized carbons (Fsp3) is 0.857. The van der Waals surface area contributed by atoms with Crippen molar-refractivity contribution in [2.75, 3.05) is 23.5 Å². The van der Waals surface area contributed by atoms with Crippen molar-refractivity contribution >= 4 is 21.6 Å². The number of rotatable bonds is 6. The molecule has 13 heavy (non-hydrogen) atoms. The van der Waals surface area contributed by atoms with Crippen molar-refractivity contribution in [3.8, 4) is 6.07 Å². The fourth-order valence-corrected chi connectivity index (χ4v) is 2.89. The zero-order valence-corrected chi connectivity index (χ0v) is 9.20. The fourth-order valence-electron chi connectivity index (χ4n) is 0.587. The molecule has 0 spiro atoms. The summed E-state index contributed by atoms with van der Waals surface area (Å²) in [5.41, 5.74) is 5.35. The highest BCUT2D eigenvalue weighted by Crippen LogP contribution is 2.04. The van der Waals surface area contributed by atoms with Gasteiger partial charge in [-0.15, -0.1) is 0 Å². The molecule has 0 radical (unpaired) electrons. The topological polar surface area (TPSA) is 83.9 Å². The van der Waals surface area contributed by atoms with Crippen molar-refractivity contribution in [1.29, 1.82) is 5.26 Å². The van der Waals surface area contributed by atoms with Gasteiger partial charge in [-0.1, -0.05) is 0 Å². The van der Waals surface area contributed by atoms with Crippen LogP contribution >= 0.6 is 11.8 Å². The molecule has 4 nitrogen and oxygen atoms in total. The molecule has 76 valence electrons. The normalized spacial score (nSPS) is 13.6. The third-order valence-corrected chi connectivity index (χ3v) is 3.56. The summed E-state index contributed by atoms with van der Waals surface area (Å²) in [7, 11) is -2.85. The zero-order valence-electron chi connectivity index (χ0n) is 7.56. The van der Waals surface area contributed by atoms with Crippen LogP contribution in [-0.2, 0) is 9.84 Å². The van der Waals surface area contributed by atoms with E-state index in [-0.39, 0.29) is 5.75 Å². The summed E-state index contributed by atoms with van der Waals surface area (Å²) in [5.74, 6) is 1.51. The van der Waals surface area contributed by atoms with E-state index in [0.717, 1.165) is 5.75 Å². The van der Waals surface area contributed by atoms with E-state index in [1.54, 1.807) is 0 Å². The van der Waals surface area contributed by atoms with Crippen LogP contribution in [0.25, 0.3) is 0 Å². The van der Waals surface area contributed by atoms with Crippen molar-refractivity contribution in [2.45, 2.75) is 12.5 Å². The first-order valence-corrected chi connectivity index (χ1v) is 7.08. The van der Waals surface area contributed by atoms with Crippen LogP contribution in [0.1, 0.15) is 6.42 Å². The molecule has 0 bridgehead atoms. The molecule has 1 atom stereocenters. The van der Waals surface area contributed by atoms with Crippen molar-refractivity contribution < 1.29 is 8.42 Å². The van der Waals surface area contributed by atoms with Gasteiger partial charge in [0, 0.05) is 12.0 Å². The number of nitriles is 1. The average Bonchev–Trinajstić information content (AvgIpc) is 2.01. The summed E-state index contributed by atoms with van der Waals surface area (Å²) in [6, 6.07) is 1.49. The second-order valence-electron chi connectivity index (χ2n) is 2.77. The van der Waals surface area contributed by atoms with E-state index in [2.05, 4.69) is 0 Å². The maximum atomic E-state index is 10.7. The van der Waals surface area contributed by atoms with Gasteiger partial charge in [-0.25, -0.2) is 8.42 Å². The van der Waals surface area contributed by atoms with Gasteiger partial charge < -0.3 is 5.73 Å². The smallest absolute Gasteiger partial charge is 0.148 e. The van der Waals surface area contributed by atoms with Crippen molar-refractivity contribution in [2.24, 2.45) is 5.73 Å². The third kappa shape index (κ3) is 9.67. The van der Waals surface area contributed by atoms with Crippen LogP contribution in [-0.4, -0.2) is 38.0 Å². The lowest BCUT2D eigenvalue weighted by atomic mass is 10.3. The Hall–Kier alpha value is -0.250. The molecule has 2 N–H and O–H groups in total. The molecule has 0 rings (SSSR count). The Balaban J connectivity index is 3.34. The predicted molar refractivity (Wildman–Crippen MR) is 55.2 cm³/mol. The monoisotopic (exact) mass is 222 g/mol. The minimum Gasteiger partial charge on any atom is -0.316 e. The Morgan fingerprint density at radius 3 is 2.62 bits per heavy atom.